The van der Waals surface area contributed by atoms with Gasteiger partial charge in [0.15, 0.2) is 0 Å². The number of hydrogen-bond donors (Lipinski definition) is 5. The molecule has 0 fully saturated rings. The Labute approximate surface area is 287 Å². The zero-order chi connectivity index (χ0) is 35.3. The second-order valence-corrected chi connectivity index (χ2v) is 13.9. The average molecular weight is 669 g/mol. The number of aromatic hydroxyl groups is 1. The Morgan fingerprint density at radius 1 is 1.02 bits per heavy atom. The lowest BCUT2D eigenvalue weighted by Gasteiger charge is -2.39. The highest BCUT2D eigenvalue weighted by Gasteiger charge is 2.39. The number of unbranched alkanes of at least 4 members (excludes halogenated alkanes) is 1. The lowest BCUT2D eigenvalue weighted by molar-refractivity contribution is -0.143. The van der Waals surface area contributed by atoms with Gasteiger partial charge in [0.05, 0.1) is 17.1 Å². The number of fused-ring (bicyclic) bond motifs is 2. The summed E-state index contributed by atoms with van der Waals surface area (Å²) in [5.41, 5.74) is 11.0. The molecular formula is C38H48N6O5. The second-order valence-electron chi connectivity index (χ2n) is 13.9. The fourth-order valence-corrected chi connectivity index (χ4v) is 6.51. The highest BCUT2D eigenvalue weighted by Crippen LogP contribution is 2.28. The number of phenols is 1. The molecule has 2 unspecified atom stereocenters. The van der Waals surface area contributed by atoms with Crippen LogP contribution < -0.4 is 16.4 Å². The zero-order valence-corrected chi connectivity index (χ0v) is 29.0. The number of H-pyrrole nitrogens is 1. The summed E-state index contributed by atoms with van der Waals surface area (Å²) < 4.78 is 5.57. The molecule has 0 spiro atoms. The first-order chi connectivity index (χ1) is 23.3. The monoisotopic (exact) mass is 668 g/mol. The number of carbonyl (C=O) groups is 3. The summed E-state index contributed by atoms with van der Waals surface area (Å²) in [5, 5.41) is 16.2. The van der Waals surface area contributed by atoms with E-state index < -0.39 is 35.7 Å². The van der Waals surface area contributed by atoms with E-state index in [0.29, 0.717) is 25.2 Å². The number of aryl methyl sites for hydroxylation is 2. The molecular weight excluding hydrogens is 620 g/mol. The number of aromatic amines is 1. The van der Waals surface area contributed by atoms with Crippen molar-refractivity contribution in [3.05, 3.63) is 94.3 Å². The zero-order valence-electron chi connectivity index (χ0n) is 29.0. The van der Waals surface area contributed by atoms with Gasteiger partial charge in [-0.1, -0.05) is 36.4 Å². The summed E-state index contributed by atoms with van der Waals surface area (Å²) in [6.07, 6.45) is 1.90. The minimum Gasteiger partial charge on any atom is -0.508 e. The van der Waals surface area contributed by atoms with Gasteiger partial charge in [0, 0.05) is 19.4 Å². The molecule has 0 saturated heterocycles. The van der Waals surface area contributed by atoms with Crippen LogP contribution in [0.2, 0.25) is 0 Å². The number of nitrogens with zero attached hydrogens (tertiary/aromatic N) is 2. The molecule has 4 aromatic rings. The molecule has 49 heavy (non-hydrogen) atoms. The smallest absolute Gasteiger partial charge is 0.408 e. The predicted octanol–water partition coefficient (Wildman–Crippen LogP) is 5.26. The third-order valence-electron chi connectivity index (χ3n) is 8.91. The quantitative estimate of drug-likeness (QED) is 0.136. The number of aromatic nitrogens is 2. The number of alkyl carbamates (subject to hydrolysis) is 1. The molecule has 3 aromatic carbocycles. The molecule has 6 N–H and O–H groups in total. The van der Waals surface area contributed by atoms with Gasteiger partial charge in [-0.15, -0.1) is 0 Å². The minimum absolute atomic E-state index is 0.122. The van der Waals surface area contributed by atoms with Crippen molar-refractivity contribution in [3.8, 4) is 5.75 Å². The highest BCUT2D eigenvalue weighted by molar-refractivity contribution is 5.92. The van der Waals surface area contributed by atoms with Crippen molar-refractivity contribution in [2.75, 3.05) is 6.54 Å². The molecule has 3 atom stereocenters. The maximum absolute atomic E-state index is 14.7. The number of nitrogens with one attached hydrogen (secondary N) is 3. The Morgan fingerprint density at radius 3 is 2.37 bits per heavy atom. The number of hydrogen-bond acceptors (Lipinski definition) is 7. The molecule has 2 heterocycles. The third kappa shape index (κ3) is 8.77. The Morgan fingerprint density at radius 2 is 1.69 bits per heavy atom. The van der Waals surface area contributed by atoms with Crippen LogP contribution in [0, 0.1) is 13.8 Å². The van der Waals surface area contributed by atoms with E-state index in [-0.39, 0.29) is 24.6 Å². The summed E-state index contributed by atoms with van der Waals surface area (Å²) >= 11 is 0. The van der Waals surface area contributed by atoms with E-state index in [4.69, 9.17) is 15.5 Å². The molecule has 260 valence electrons. The molecule has 1 aliphatic heterocycles. The van der Waals surface area contributed by atoms with Gasteiger partial charge in [-0.2, -0.15) is 0 Å². The van der Waals surface area contributed by atoms with Gasteiger partial charge in [-0.25, -0.2) is 9.78 Å². The fraction of sp³-hybridized carbons (Fsp3) is 0.421. The number of benzene rings is 3. The summed E-state index contributed by atoms with van der Waals surface area (Å²) in [5.74, 6) is 0.0462. The molecule has 0 saturated carbocycles. The number of imidazole rings is 1. The van der Waals surface area contributed by atoms with Crippen LogP contribution in [0.15, 0.2) is 60.7 Å². The SMILES string of the molecule is Cc1cc(O)cc(C)c1CC(NC(=O)OC(C)(C)C)C(=O)N1Cc2ccccc2CC1C(=O)N[C@@H](CCCCN)c1nc2ccccc2[nH]1. The topological polar surface area (TPSA) is 163 Å². The van der Waals surface area contributed by atoms with E-state index in [1.165, 1.54) is 0 Å². The molecule has 3 amide bonds. The van der Waals surface area contributed by atoms with Gasteiger partial charge in [0.1, 0.15) is 29.3 Å². The molecule has 5 rings (SSSR count). The van der Waals surface area contributed by atoms with E-state index in [1.807, 2.05) is 62.4 Å². The van der Waals surface area contributed by atoms with E-state index in [0.717, 1.165) is 51.7 Å². The van der Waals surface area contributed by atoms with Crippen LogP contribution in [-0.4, -0.2) is 62.1 Å². The maximum atomic E-state index is 14.7. The molecule has 0 radical (unpaired) electrons. The van der Waals surface area contributed by atoms with Crippen LogP contribution in [0.5, 0.6) is 5.75 Å². The first-order valence-electron chi connectivity index (χ1n) is 16.9. The number of phenolic OH excluding ortho intramolecular Hbond substituents is 1. The normalized spacial score (nSPS) is 15.7. The van der Waals surface area contributed by atoms with Gasteiger partial charge >= 0.3 is 6.09 Å². The number of rotatable bonds is 11. The third-order valence-corrected chi connectivity index (χ3v) is 8.91. The molecule has 0 bridgehead atoms. The van der Waals surface area contributed by atoms with Crippen molar-refractivity contribution in [1.82, 2.24) is 25.5 Å². The van der Waals surface area contributed by atoms with Crippen molar-refractivity contribution in [1.29, 1.82) is 0 Å². The summed E-state index contributed by atoms with van der Waals surface area (Å²) in [6, 6.07) is 16.4. The van der Waals surface area contributed by atoms with Crippen molar-refractivity contribution < 1.29 is 24.2 Å². The number of ether oxygens (including phenoxy) is 1. The molecule has 11 nitrogen and oxygen atoms in total. The molecule has 1 aliphatic rings. The van der Waals surface area contributed by atoms with Crippen molar-refractivity contribution in [3.63, 3.8) is 0 Å². The van der Waals surface area contributed by atoms with Gasteiger partial charge < -0.3 is 36.1 Å². The molecule has 11 heteroatoms. The summed E-state index contributed by atoms with van der Waals surface area (Å²) in [6.45, 7) is 9.70. The largest absolute Gasteiger partial charge is 0.508 e. The first kappa shape index (κ1) is 35.4. The Bertz CT molecular complexity index is 1760. The van der Waals surface area contributed by atoms with E-state index in [9.17, 15) is 19.5 Å². The van der Waals surface area contributed by atoms with Crippen molar-refractivity contribution >= 4 is 28.9 Å². The van der Waals surface area contributed by atoms with Crippen LogP contribution in [0.3, 0.4) is 0 Å². The lowest BCUT2D eigenvalue weighted by atomic mass is 9.91. The summed E-state index contributed by atoms with van der Waals surface area (Å²) in [4.78, 5) is 51.9. The van der Waals surface area contributed by atoms with Gasteiger partial charge in [0.2, 0.25) is 11.8 Å². The number of amides is 3. The van der Waals surface area contributed by atoms with E-state index in [1.54, 1.807) is 37.8 Å². The van der Waals surface area contributed by atoms with Crippen LogP contribution in [0.1, 0.15) is 79.7 Å². The van der Waals surface area contributed by atoms with Crippen LogP contribution in [-0.2, 0) is 33.7 Å². The van der Waals surface area contributed by atoms with Crippen LogP contribution in [0.25, 0.3) is 11.0 Å². The van der Waals surface area contributed by atoms with Crippen LogP contribution >= 0.6 is 0 Å². The van der Waals surface area contributed by atoms with E-state index in [2.05, 4.69) is 15.6 Å². The van der Waals surface area contributed by atoms with E-state index >= 15 is 0 Å². The average Bonchev–Trinajstić information content (AvgIpc) is 3.48. The second kappa shape index (κ2) is 15.1. The Hall–Kier alpha value is -4.90. The fourth-order valence-electron chi connectivity index (χ4n) is 6.51. The van der Waals surface area contributed by atoms with Crippen LogP contribution in [0.4, 0.5) is 4.79 Å². The van der Waals surface area contributed by atoms with Gasteiger partial charge in [-0.3, -0.25) is 9.59 Å². The number of nitrogens with two attached hydrogens (primary N) is 1. The summed E-state index contributed by atoms with van der Waals surface area (Å²) in [7, 11) is 0. The molecule has 0 aliphatic carbocycles. The van der Waals surface area contributed by atoms with Gasteiger partial charge in [-0.05, 0) is 113 Å². The van der Waals surface area contributed by atoms with Crippen molar-refractivity contribution in [2.45, 2.75) is 97.0 Å². The minimum atomic E-state index is -1.05. The number of para-hydroxylation sites is 2. The lowest BCUT2D eigenvalue weighted by Crippen LogP contribution is -2.58. The highest BCUT2D eigenvalue weighted by atomic mass is 16.6. The predicted molar refractivity (Wildman–Crippen MR) is 189 cm³/mol. The Kier molecular flexibility index (Phi) is 10.9. The Balaban J connectivity index is 1.48. The standard InChI is InChI=1S/C38H48N6O5/c1-23-18-27(45)19-24(2)28(23)21-32(43-37(48)49-38(3,4)5)36(47)44-22-26-13-7-6-12-25(26)20-33(44)35(46)42-31(16-10-11-17-39)34-40-29-14-8-9-15-30(29)41-34/h6-9,12-15,18-19,31-33,45H,10-11,16-17,20-22,39H2,1-5H3,(H,40,41)(H,42,46)(H,43,48)/t31-,32?,33?/m0/s1. The first-order valence-corrected chi connectivity index (χ1v) is 16.9. The number of carbonyl (C=O) groups excluding carboxylic acids is 3. The van der Waals surface area contributed by atoms with Gasteiger partial charge in [0.25, 0.3) is 0 Å². The molecule has 1 aromatic heterocycles. The maximum Gasteiger partial charge on any atom is 0.408 e. The van der Waals surface area contributed by atoms with Crippen molar-refractivity contribution in [2.24, 2.45) is 5.73 Å².